The van der Waals surface area contributed by atoms with E-state index in [0.717, 1.165) is 34.4 Å². The molecule has 0 aliphatic carbocycles. The van der Waals surface area contributed by atoms with Gasteiger partial charge in [-0.25, -0.2) is 0 Å². The Hall–Kier alpha value is -1.47. The molecule has 0 N–H and O–H groups in total. The molecule has 1 amide bonds. The van der Waals surface area contributed by atoms with Gasteiger partial charge < -0.3 is 4.90 Å². The van der Waals surface area contributed by atoms with Gasteiger partial charge in [-0.3, -0.25) is 9.78 Å². The van der Waals surface area contributed by atoms with Crippen molar-refractivity contribution < 1.29 is 4.79 Å². The number of pyridine rings is 1. The SMILES string of the molecule is Cc1nnc(SCC(=O)N2CCC[C@@H]2c2ccccn2)s1. The molecule has 0 spiro atoms. The fourth-order valence-electron chi connectivity index (χ4n) is 2.49. The van der Waals surface area contributed by atoms with Crippen molar-refractivity contribution >= 4 is 29.0 Å². The van der Waals surface area contributed by atoms with Crippen molar-refractivity contribution in [3.05, 3.63) is 35.1 Å². The number of carbonyl (C=O) groups excluding carboxylic acids is 1. The number of nitrogens with zero attached hydrogens (tertiary/aromatic N) is 4. The summed E-state index contributed by atoms with van der Waals surface area (Å²) in [5, 5.41) is 8.94. The molecule has 0 aromatic carbocycles. The first-order valence-corrected chi connectivity index (χ1v) is 8.67. The summed E-state index contributed by atoms with van der Waals surface area (Å²) in [6.45, 7) is 2.73. The first-order chi connectivity index (χ1) is 10.2. The molecule has 1 atom stereocenters. The van der Waals surface area contributed by atoms with Crippen LogP contribution in [0.25, 0.3) is 0 Å². The van der Waals surface area contributed by atoms with Gasteiger partial charge >= 0.3 is 0 Å². The van der Waals surface area contributed by atoms with Gasteiger partial charge in [-0.15, -0.1) is 10.2 Å². The lowest BCUT2D eigenvalue weighted by molar-refractivity contribution is -0.129. The van der Waals surface area contributed by atoms with Crippen LogP contribution in [0.5, 0.6) is 0 Å². The van der Waals surface area contributed by atoms with Gasteiger partial charge in [0.2, 0.25) is 5.91 Å². The van der Waals surface area contributed by atoms with E-state index >= 15 is 0 Å². The molecule has 110 valence electrons. The molecule has 3 rings (SSSR count). The number of hydrogen-bond donors (Lipinski definition) is 0. The van der Waals surface area contributed by atoms with Gasteiger partial charge in [0.1, 0.15) is 5.01 Å². The molecular weight excluding hydrogens is 304 g/mol. The molecule has 5 nitrogen and oxygen atoms in total. The third kappa shape index (κ3) is 3.41. The predicted octanol–water partition coefficient (Wildman–Crippen LogP) is 2.70. The van der Waals surface area contributed by atoms with Gasteiger partial charge in [0.05, 0.1) is 17.5 Å². The van der Waals surface area contributed by atoms with E-state index in [1.807, 2.05) is 30.0 Å². The first kappa shape index (κ1) is 14.5. The average Bonchev–Trinajstić information content (AvgIpc) is 3.14. The maximum absolute atomic E-state index is 12.4. The molecule has 1 saturated heterocycles. The van der Waals surface area contributed by atoms with E-state index in [0.29, 0.717) is 5.75 Å². The van der Waals surface area contributed by atoms with Crippen molar-refractivity contribution in [2.24, 2.45) is 0 Å². The third-order valence-electron chi connectivity index (χ3n) is 3.43. The van der Waals surface area contributed by atoms with Gasteiger partial charge in [-0.2, -0.15) is 0 Å². The zero-order valence-electron chi connectivity index (χ0n) is 11.7. The topological polar surface area (TPSA) is 59.0 Å². The van der Waals surface area contributed by atoms with Crippen LogP contribution in [0, 0.1) is 6.92 Å². The van der Waals surface area contributed by atoms with Crippen LogP contribution >= 0.6 is 23.1 Å². The summed E-state index contributed by atoms with van der Waals surface area (Å²) in [4.78, 5) is 18.8. The highest BCUT2D eigenvalue weighted by Gasteiger charge is 2.30. The Balaban J connectivity index is 1.63. The van der Waals surface area contributed by atoms with Gasteiger partial charge in [0.15, 0.2) is 4.34 Å². The molecule has 3 heterocycles. The Bertz CT molecular complexity index is 616. The van der Waals surface area contributed by atoms with Crippen LogP contribution < -0.4 is 0 Å². The van der Waals surface area contributed by atoms with Crippen LogP contribution in [-0.4, -0.2) is 38.3 Å². The smallest absolute Gasteiger partial charge is 0.233 e. The van der Waals surface area contributed by atoms with E-state index in [2.05, 4.69) is 15.2 Å². The van der Waals surface area contributed by atoms with Crippen molar-refractivity contribution in [1.82, 2.24) is 20.1 Å². The van der Waals surface area contributed by atoms with Gasteiger partial charge in [-0.1, -0.05) is 29.2 Å². The lowest BCUT2D eigenvalue weighted by Crippen LogP contribution is -2.32. The van der Waals surface area contributed by atoms with Crippen LogP contribution in [0.15, 0.2) is 28.7 Å². The standard InChI is InChI=1S/C14H16N4OS2/c1-10-16-17-14(21-10)20-9-13(19)18-8-4-6-12(18)11-5-2-3-7-15-11/h2-3,5,7,12H,4,6,8-9H2,1H3/t12-/m1/s1. The minimum Gasteiger partial charge on any atom is -0.333 e. The highest BCUT2D eigenvalue weighted by Crippen LogP contribution is 2.32. The Morgan fingerprint density at radius 2 is 2.38 bits per heavy atom. The zero-order valence-corrected chi connectivity index (χ0v) is 13.4. The number of aryl methyl sites for hydroxylation is 1. The molecule has 0 unspecified atom stereocenters. The molecule has 1 aliphatic heterocycles. The summed E-state index contributed by atoms with van der Waals surface area (Å²) in [6.07, 6.45) is 3.82. The molecular formula is C14H16N4OS2. The largest absolute Gasteiger partial charge is 0.333 e. The molecule has 0 radical (unpaired) electrons. The van der Waals surface area contributed by atoms with Crippen molar-refractivity contribution in [1.29, 1.82) is 0 Å². The molecule has 0 saturated carbocycles. The van der Waals surface area contributed by atoms with Crippen molar-refractivity contribution in [3.8, 4) is 0 Å². The highest BCUT2D eigenvalue weighted by atomic mass is 32.2. The minimum absolute atomic E-state index is 0.121. The summed E-state index contributed by atoms with van der Waals surface area (Å²) in [6, 6.07) is 5.99. The number of amides is 1. The van der Waals surface area contributed by atoms with E-state index in [1.165, 1.54) is 23.1 Å². The Labute approximate surface area is 131 Å². The number of rotatable bonds is 4. The fourth-order valence-corrected chi connectivity index (χ4v) is 4.19. The van der Waals surface area contributed by atoms with Crippen LogP contribution in [0.2, 0.25) is 0 Å². The van der Waals surface area contributed by atoms with Crippen molar-refractivity contribution in [2.75, 3.05) is 12.3 Å². The average molecular weight is 320 g/mol. The van der Waals surface area contributed by atoms with Gasteiger partial charge in [-0.05, 0) is 31.9 Å². The summed E-state index contributed by atoms with van der Waals surface area (Å²) in [5.74, 6) is 0.568. The zero-order chi connectivity index (χ0) is 14.7. The fraction of sp³-hybridized carbons (Fsp3) is 0.429. The van der Waals surface area contributed by atoms with Gasteiger partial charge in [0.25, 0.3) is 0 Å². The van der Waals surface area contributed by atoms with Crippen LogP contribution in [0.4, 0.5) is 0 Å². The Morgan fingerprint density at radius 3 is 3.10 bits per heavy atom. The monoisotopic (exact) mass is 320 g/mol. The second-order valence-corrected chi connectivity index (χ2v) is 7.28. The summed E-state index contributed by atoms with van der Waals surface area (Å²) >= 11 is 2.99. The van der Waals surface area contributed by atoms with E-state index in [1.54, 1.807) is 6.20 Å². The molecule has 7 heteroatoms. The maximum atomic E-state index is 12.4. The van der Waals surface area contributed by atoms with E-state index in [-0.39, 0.29) is 11.9 Å². The predicted molar refractivity (Wildman–Crippen MR) is 83.3 cm³/mol. The number of thioether (sulfide) groups is 1. The second kappa shape index (κ2) is 6.53. The van der Waals surface area contributed by atoms with Crippen LogP contribution in [-0.2, 0) is 4.79 Å². The molecule has 21 heavy (non-hydrogen) atoms. The quantitative estimate of drug-likeness (QED) is 0.811. The van der Waals surface area contributed by atoms with Crippen LogP contribution in [0.1, 0.15) is 29.6 Å². The number of hydrogen-bond acceptors (Lipinski definition) is 6. The van der Waals surface area contributed by atoms with E-state index < -0.39 is 0 Å². The third-order valence-corrected chi connectivity index (χ3v) is 5.39. The van der Waals surface area contributed by atoms with E-state index in [4.69, 9.17) is 0 Å². The lowest BCUT2D eigenvalue weighted by Gasteiger charge is -2.24. The number of carbonyl (C=O) groups is 1. The normalized spacial score (nSPS) is 18.1. The number of likely N-dealkylation sites (tertiary alicyclic amines) is 1. The summed E-state index contributed by atoms with van der Waals surface area (Å²) in [7, 11) is 0. The Morgan fingerprint density at radius 1 is 1.48 bits per heavy atom. The highest BCUT2D eigenvalue weighted by molar-refractivity contribution is 8.01. The summed E-state index contributed by atoms with van der Waals surface area (Å²) < 4.78 is 0.856. The first-order valence-electron chi connectivity index (χ1n) is 6.87. The molecule has 1 fully saturated rings. The van der Waals surface area contributed by atoms with E-state index in [9.17, 15) is 4.79 Å². The lowest BCUT2D eigenvalue weighted by atomic mass is 10.1. The molecule has 2 aromatic rings. The van der Waals surface area contributed by atoms with Crippen LogP contribution in [0.3, 0.4) is 0 Å². The summed E-state index contributed by atoms with van der Waals surface area (Å²) in [5.41, 5.74) is 0.986. The molecule has 1 aliphatic rings. The maximum Gasteiger partial charge on any atom is 0.233 e. The van der Waals surface area contributed by atoms with Gasteiger partial charge in [0, 0.05) is 12.7 Å². The molecule has 2 aromatic heterocycles. The second-order valence-electron chi connectivity index (χ2n) is 4.88. The minimum atomic E-state index is 0.121. The molecule has 0 bridgehead atoms. The Kier molecular flexibility index (Phi) is 4.50. The van der Waals surface area contributed by atoms with Crippen molar-refractivity contribution in [2.45, 2.75) is 30.1 Å². The number of aromatic nitrogens is 3. The van der Waals surface area contributed by atoms with Crippen molar-refractivity contribution in [3.63, 3.8) is 0 Å².